The van der Waals surface area contributed by atoms with Crippen molar-refractivity contribution in [3.05, 3.63) is 42.2 Å². The van der Waals surface area contributed by atoms with E-state index in [0.717, 1.165) is 17.0 Å². The fourth-order valence-corrected chi connectivity index (χ4v) is 1.51. The minimum absolute atomic E-state index is 0.901. The Labute approximate surface area is 83.6 Å². The van der Waals surface area contributed by atoms with E-state index in [1.54, 1.807) is 6.26 Å². The Morgan fingerprint density at radius 3 is 2.71 bits per heavy atom. The van der Waals surface area contributed by atoms with Crippen molar-refractivity contribution in [3.8, 4) is 11.3 Å². The van der Waals surface area contributed by atoms with Gasteiger partial charge in [0.25, 0.3) is 0 Å². The van der Waals surface area contributed by atoms with Gasteiger partial charge in [-0.15, -0.1) is 0 Å². The van der Waals surface area contributed by atoms with E-state index in [4.69, 9.17) is 4.42 Å². The Balaban J connectivity index is 2.55. The first-order valence-corrected chi connectivity index (χ1v) is 4.63. The van der Waals surface area contributed by atoms with E-state index >= 15 is 0 Å². The number of rotatable bonds is 2. The van der Waals surface area contributed by atoms with Gasteiger partial charge >= 0.3 is 0 Å². The van der Waals surface area contributed by atoms with Crippen LogP contribution in [-0.2, 0) is 0 Å². The molecule has 0 fully saturated rings. The summed E-state index contributed by atoms with van der Waals surface area (Å²) in [6, 6.07) is 10.1. The summed E-state index contributed by atoms with van der Waals surface area (Å²) in [4.78, 5) is 0. The van der Waals surface area contributed by atoms with E-state index in [1.807, 2.05) is 19.2 Å². The van der Waals surface area contributed by atoms with E-state index in [0.29, 0.717) is 0 Å². The highest BCUT2D eigenvalue weighted by atomic mass is 16.3. The maximum Gasteiger partial charge on any atom is 0.135 e. The van der Waals surface area contributed by atoms with Crippen molar-refractivity contribution in [1.29, 1.82) is 0 Å². The predicted octanol–water partition coefficient (Wildman–Crippen LogP) is 3.30. The number of nitrogens with one attached hydrogen (secondary N) is 1. The average Bonchev–Trinajstić information content (AvgIpc) is 2.70. The second-order valence-corrected chi connectivity index (χ2v) is 3.28. The molecule has 0 radical (unpaired) electrons. The third-order valence-electron chi connectivity index (χ3n) is 2.23. The summed E-state index contributed by atoms with van der Waals surface area (Å²) in [5.74, 6) is 0.901. The standard InChI is InChI=1S/C12H13NO/c1-9-5-6-11(13-2)10(8-9)12-4-3-7-14-12/h3-8,13H,1-2H3. The van der Waals surface area contributed by atoms with Gasteiger partial charge in [0, 0.05) is 18.3 Å². The van der Waals surface area contributed by atoms with E-state index in [-0.39, 0.29) is 0 Å². The molecule has 0 bridgehead atoms. The van der Waals surface area contributed by atoms with E-state index < -0.39 is 0 Å². The minimum atomic E-state index is 0.901. The monoisotopic (exact) mass is 187 g/mol. The maximum atomic E-state index is 5.38. The van der Waals surface area contributed by atoms with Crippen LogP contribution in [0.4, 0.5) is 5.69 Å². The van der Waals surface area contributed by atoms with Crippen molar-refractivity contribution < 1.29 is 4.42 Å². The van der Waals surface area contributed by atoms with Gasteiger partial charge in [0.1, 0.15) is 5.76 Å². The molecule has 0 unspecified atom stereocenters. The van der Waals surface area contributed by atoms with Gasteiger partial charge in [0.15, 0.2) is 0 Å². The number of hydrogen-bond acceptors (Lipinski definition) is 2. The van der Waals surface area contributed by atoms with Gasteiger partial charge in [0.05, 0.1) is 6.26 Å². The molecule has 0 saturated heterocycles. The fourth-order valence-electron chi connectivity index (χ4n) is 1.51. The number of hydrogen-bond donors (Lipinski definition) is 1. The molecule has 0 aliphatic rings. The van der Waals surface area contributed by atoms with Crippen molar-refractivity contribution in [2.75, 3.05) is 12.4 Å². The molecule has 0 aliphatic carbocycles. The van der Waals surface area contributed by atoms with Crippen LogP contribution in [0, 0.1) is 6.92 Å². The third kappa shape index (κ3) is 1.51. The van der Waals surface area contributed by atoms with Gasteiger partial charge < -0.3 is 9.73 Å². The number of aryl methyl sites for hydroxylation is 1. The second kappa shape index (κ2) is 3.58. The van der Waals surface area contributed by atoms with Gasteiger partial charge in [-0.25, -0.2) is 0 Å². The van der Waals surface area contributed by atoms with Crippen molar-refractivity contribution in [2.45, 2.75) is 6.92 Å². The van der Waals surface area contributed by atoms with Gasteiger partial charge in [0.2, 0.25) is 0 Å². The summed E-state index contributed by atoms with van der Waals surface area (Å²) >= 11 is 0. The van der Waals surface area contributed by atoms with Crippen LogP contribution < -0.4 is 5.32 Å². The molecule has 2 aromatic rings. The number of anilines is 1. The zero-order chi connectivity index (χ0) is 9.97. The molecule has 2 heteroatoms. The van der Waals surface area contributed by atoms with Crippen molar-refractivity contribution >= 4 is 5.69 Å². The van der Waals surface area contributed by atoms with Crippen LogP contribution in [0.3, 0.4) is 0 Å². The molecular formula is C12H13NO. The number of furan rings is 1. The SMILES string of the molecule is CNc1ccc(C)cc1-c1ccco1. The van der Waals surface area contributed by atoms with Crippen molar-refractivity contribution in [2.24, 2.45) is 0 Å². The first kappa shape index (κ1) is 8.88. The van der Waals surface area contributed by atoms with E-state index in [9.17, 15) is 0 Å². The zero-order valence-electron chi connectivity index (χ0n) is 8.37. The maximum absolute atomic E-state index is 5.38. The van der Waals surface area contributed by atoms with Crippen LogP contribution in [0.25, 0.3) is 11.3 Å². The van der Waals surface area contributed by atoms with Crippen LogP contribution in [-0.4, -0.2) is 7.05 Å². The van der Waals surface area contributed by atoms with Crippen LogP contribution in [0.1, 0.15) is 5.56 Å². The first-order valence-electron chi connectivity index (χ1n) is 4.63. The van der Waals surface area contributed by atoms with Crippen LogP contribution >= 0.6 is 0 Å². The Bertz CT molecular complexity index is 418. The molecule has 2 nitrogen and oxygen atoms in total. The fraction of sp³-hybridized carbons (Fsp3) is 0.167. The molecule has 2 rings (SSSR count). The molecule has 0 aliphatic heterocycles. The molecule has 0 saturated carbocycles. The Hall–Kier alpha value is -1.70. The third-order valence-corrected chi connectivity index (χ3v) is 2.23. The Kier molecular flexibility index (Phi) is 2.27. The lowest BCUT2D eigenvalue weighted by Crippen LogP contribution is -1.91. The highest BCUT2D eigenvalue weighted by Crippen LogP contribution is 2.28. The van der Waals surface area contributed by atoms with Crippen LogP contribution in [0.5, 0.6) is 0 Å². The predicted molar refractivity (Wildman–Crippen MR) is 58.4 cm³/mol. The highest BCUT2D eigenvalue weighted by molar-refractivity contribution is 5.75. The van der Waals surface area contributed by atoms with E-state index in [2.05, 4.69) is 30.4 Å². The molecule has 1 heterocycles. The second-order valence-electron chi connectivity index (χ2n) is 3.28. The lowest BCUT2D eigenvalue weighted by Gasteiger charge is -2.07. The summed E-state index contributed by atoms with van der Waals surface area (Å²) < 4.78 is 5.38. The normalized spacial score (nSPS) is 10.1. The molecule has 0 atom stereocenters. The zero-order valence-corrected chi connectivity index (χ0v) is 8.37. The molecule has 1 N–H and O–H groups in total. The quantitative estimate of drug-likeness (QED) is 0.780. The van der Waals surface area contributed by atoms with Gasteiger partial charge in [-0.1, -0.05) is 11.6 Å². The lowest BCUT2D eigenvalue weighted by atomic mass is 10.1. The van der Waals surface area contributed by atoms with Crippen molar-refractivity contribution in [3.63, 3.8) is 0 Å². The molecule has 0 amide bonds. The summed E-state index contributed by atoms with van der Waals surface area (Å²) in [6.45, 7) is 2.08. The summed E-state index contributed by atoms with van der Waals surface area (Å²) in [6.07, 6.45) is 1.69. The summed E-state index contributed by atoms with van der Waals surface area (Å²) in [5.41, 5.74) is 3.43. The van der Waals surface area contributed by atoms with Gasteiger partial charge in [-0.2, -0.15) is 0 Å². The molecule has 14 heavy (non-hydrogen) atoms. The minimum Gasteiger partial charge on any atom is -0.464 e. The molecule has 0 spiro atoms. The van der Waals surface area contributed by atoms with Crippen LogP contribution in [0.2, 0.25) is 0 Å². The first-order chi connectivity index (χ1) is 6.81. The topological polar surface area (TPSA) is 25.2 Å². The Morgan fingerprint density at radius 1 is 1.21 bits per heavy atom. The largest absolute Gasteiger partial charge is 0.464 e. The smallest absolute Gasteiger partial charge is 0.135 e. The van der Waals surface area contributed by atoms with Gasteiger partial charge in [-0.05, 0) is 31.2 Å². The average molecular weight is 187 g/mol. The molecular weight excluding hydrogens is 174 g/mol. The van der Waals surface area contributed by atoms with Gasteiger partial charge in [-0.3, -0.25) is 0 Å². The van der Waals surface area contributed by atoms with E-state index in [1.165, 1.54) is 5.56 Å². The Morgan fingerprint density at radius 2 is 2.07 bits per heavy atom. The molecule has 72 valence electrons. The summed E-state index contributed by atoms with van der Waals surface area (Å²) in [5, 5.41) is 3.15. The van der Waals surface area contributed by atoms with Crippen molar-refractivity contribution in [1.82, 2.24) is 0 Å². The lowest BCUT2D eigenvalue weighted by molar-refractivity contribution is 0.582. The molecule has 1 aromatic heterocycles. The summed E-state index contributed by atoms with van der Waals surface area (Å²) in [7, 11) is 1.91. The number of benzene rings is 1. The van der Waals surface area contributed by atoms with Crippen LogP contribution in [0.15, 0.2) is 41.0 Å². The molecule has 1 aromatic carbocycles. The highest BCUT2D eigenvalue weighted by Gasteiger charge is 2.05.